The Hall–Kier alpha value is -4.16. The van der Waals surface area contributed by atoms with E-state index in [0.29, 0.717) is 5.92 Å². The second-order valence-electron chi connectivity index (χ2n) is 11.0. The van der Waals surface area contributed by atoms with Crippen LogP contribution in [0.4, 0.5) is 0 Å². The topological polar surface area (TPSA) is 0 Å². The van der Waals surface area contributed by atoms with Crippen LogP contribution in [0.5, 0.6) is 0 Å². The van der Waals surface area contributed by atoms with Crippen LogP contribution < -0.4 is 0 Å². The van der Waals surface area contributed by atoms with Gasteiger partial charge in [0.05, 0.1) is 0 Å². The highest BCUT2D eigenvalue weighted by Crippen LogP contribution is 2.58. The summed E-state index contributed by atoms with van der Waals surface area (Å²) in [6.45, 7) is 0. The molecule has 0 aromatic heterocycles. The zero-order chi connectivity index (χ0) is 25.1. The Balaban J connectivity index is 1.55. The summed E-state index contributed by atoms with van der Waals surface area (Å²) in [5.74, 6) is 0.679. The molecule has 0 unspecified atom stereocenters. The molecule has 0 amide bonds. The fourth-order valence-corrected chi connectivity index (χ4v) is 7.40. The molecule has 0 saturated heterocycles. The van der Waals surface area contributed by atoms with Crippen LogP contribution in [0.2, 0.25) is 0 Å². The molecule has 0 heteroatoms. The third-order valence-corrected chi connectivity index (χ3v) is 9.00. The average Bonchev–Trinajstić information content (AvgIpc) is 3.32. The zero-order valence-electron chi connectivity index (χ0n) is 21.6. The molecule has 38 heavy (non-hydrogen) atoms. The highest BCUT2D eigenvalue weighted by Gasteiger charge is 2.31. The molecule has 1 fully saturated rings. The zero-order valence-corrected chi connectivity index (χ0v) is 21.6. The molecule has 1 saturated carbocycles. The Morgan fingerprint density at radius 1 is 0.395 bits per heavy atom. The van der Waals surface area contributed by atoms with Crippen molar-refractivity contribution in [2.45, 2.75) is 38.0 Å². The molecule has 0 bridgehead atoms. The lowest BCUT2D eigenvalue weighted by atomic mass is 9.81. The van der Waals surface area contributed by atoms with Crippen LogP contribution in [-0.2, 0) is 0 Å². The lowest BCUT2D eigenvalue weighted by molar-refractivity contribution is 0.445. The summed E-state index contributed by atoms with van der Waals surface area (Å²) >= 11 is 0. The van der Waals surface area contributed by atoms with Crippen molar-refractivity contribution in [3.63, 3.8) is 0 Å². The average molecular weight is 487 g/mol. The molecule has 0 heterocycles. The Kier molecular flexibility index (Phi) is 5.01. The van der Waals surface area contributed by atoms with Gasteiger partial charge in [-0.15, -0.1) is 0 Å². The van der Waals surface area contributed by atoms with E-state index < -0.39 is 0 Å². The van der Waals surface area contributed by atoms with Gasteiger partial charge in [-0.1, -0.05) is 135 Å². The molecule has 0 radical (unpaired) electrons. The number of fused-ring (bicyclic) bond motifs is 4. The molecule has 0 atom stereocenters. The van der Waals surface area contributed by atoms with E-state index >= 15 is 0 Å². The number of rotatable bonds is 3. The predicted octanol–water partition coefficient (Wildman–Crippen LogP) is 11.0. The Morgan fingerprint density at radius 2 is 0.921 bits per heavy atom. The van der Waals surface area contributed by atoms with Crippen LogP contribution in [-0.4, -0.2) is 0 Å². The third-order valence-electron chi connectivity index (χ3n) is 9.00. The van der Waals surface area contributed by atoms with E-state index in [-0.39, 0.29) is 0 Å². The van der Waals surface area contributed by atoms with E-state index in [1.807, 2.05) is 0 Å². The maximum absolute atomic E-state index is 2.47. The van der Waals surface area contributed by atoms with Crippen LogP contribution in [0.25, 0.3) is 66.1 Å². The van der Waals surface area contributed by atoms with E-state index in [1.54, 1.807) is 5.56 Å². The molecule has 2 aliphatic rings. The van der Waals surface area contributed by atoms with Crippen molar-refractivity contribution >= 4 is 21.5 Å². The van der Waals surface area contributed by atoms with E-state index in [4.69, 9.17) is 0 Å². The fraction of sp³-hybridized carbons (Fsp3) is 0.158. The van der Waals surface area contributed by atoms with Crippen molar-refractivity contribution in [2.24, 2.45) is 0 Å². The van der Waals surface area contributed by atoms with Crippen LogP contribution in [0.15, 0.2) is 115 Å². The van der Waals surface area contributed by atoms with E-state index in [1.165, 1.54) is 98.2 Å². The minimum Gasteiger partial charge on any atom is -0.0622 e. The van der Waals surface area contributed by atoms with E-state index in [0.717, 1.165) is 0 Å². The highest BCUT2D eigenvalue weighted by molar-refractivity contribution is 6.27. The number of benzene rings is 6. The first-order valence-corrected chi connectivity index (χ1v) is 14.2. The fourth-order valence-electron chi connectivity index (χ4n) is 7.40. The van der Waals surface area contributed by atoms with Crippen LogP contribution in [0.1, 0.15) is 43.6 Å². The van der Waals surface area contributed by atoms with Crippen molar-refractivity contribution in [2.75, 3.05) is 0 Å². The van der Waals surface area contributed by atoms with Crippen molar-refractivity contribution < 1.29 is 0 Å². The molecule has 0 spiro atoms. The maximum Gasteiger partial charge on any atom is -0.000741 e. The Labute approximate surface area is 224 Å². The standard InChI is InChI=1S/C38H30/c1-4-13-25(14-5-1)28-23-24-33-36-29(28)21-12-22-32(36)37-34(26-15-6-2-7-16-26)30-19-10-11-20-31(30)35(38(33)37)27-17-8-3-9-18-27/h2-3,6-12,15-25H,1,4-5,13-14H2. The number of hydrogen-bond donors (Lipinski definition) is 0. The molecular formula is C38H30. The molecular weight excluding hydrogens is 456 g/mol. The van der Waals surface area contributed by atoms with Gasteiger partial charge in [-0.3, -0.25) is 0 Å². The van der Waals surface area contributed by atoms with Gasteiger partial charge in [0, 0.05) is 0 Å². The first-order valence-electron chi connectivity index (χ1n) is 14.2. The van der Waals surface area contributed by atoms with Gasteiger partial charge >= 0.3 is 0 Å². The van der Waals surface area contributed by atoms with Crippen LogP contribution >= 0.6 is 0 Å². The summed E-state index contributed by atoms with van der Waals surface area (Å²) < 4.78 is 0. The smallest absolute Gasteiger partial charge is 0.000741 e. The minimum absolute atomic E-state index is 0.679. The van der Waals surface area contributed by atoms with Gasteiger partial charge in [-0.2, -0.15) is 0 Å². The highest BCUT2D eigenvalue weighted by atomic mass is 14.3. The van der Waals surface area contributed by atoms with Crippen molar-refractivity contribution in [3.8, 4) is 44.5 Å². The lowest BCUT2D eigenvalue weighted by Crippen LogP contribution is -2.05. The maximum atomic E-state index is 2.47. The first kappa shape index (κ1) is 21.9. The van der Waals surface area contributed by atoms with Gasteiger partial charge in [-0.05, 0) is 90.4 Å². The van der Waals surface area contributed by atoms with Gasteiger partial charge in [0.15, 0.2) is 0 Å². The summed E-state index contributed by atoms with van der Waals surface area (Å²) in [4.78, 5) is 0. The van der Waals surface area contributed by atoms with Crippen LogP contribution in [0.3, 0.4) is 0 Å². The Morgan fingerprint density at radius 3 is 1.53 bits per heavy atom. The molecule has 6 aromatic rings. The van der Waals surface area contributed by atoms with Gasteiger partial charge < -0.3 is 0 Å². The number of hydrogen-bond acceptors (Lipinski definition) is 0. The molecule has 182 valence electrons. The van der Waals surface area contributed by atoms with Crippen molar-refractivity contribution in [3.05, 3.63) is 121 Å². The molecule has 0 N–H and O–H groups in total. The largest absolute Gasteiger partial charge is 0.0622 e. The second-order valence-corrected chi connectivity index (χ2v) is 11.0. The van der Waals surface area contributed by atoms with Gasteiger partial charge in [0.2, 0.25) is 0 Å². The minimum atomic E-state index is 0.679. The molecule has 6 aromatic carbocycles. The summed E-state index contributed by atoms with van der Waals surface area (Å²) in [6, 6.07) is 43.1. The molecule has 2 aliphatic carbocycles. The molecule has 0 nitrogen and oxygen atoms in total. The van der Waals surface area contributed by atoms with E-state index in [9.17, 15) is 0 Å². The van der Waals surface area contributed by atoms with Gasteiger partial charge in [0.25, 0.3) is 0 Å². The monoisotopic (exact) mass is 486 g/mol. The summed E-state index contributed by atoms with van der Waals surface area (Å²) in [6.07, 6.45) is 6.74. The van der Waals surface area contributed by atoms with Crippen molar-refractivity contribution in [1.29, 1.82) is 0 Å². The third kappa shape index (κ3) is 3.16. The molecule has 0 aliphatic heterocycles. The lowest BCUT2D eigenvalue weighted by Gasteiger charge is -2.24. The summed E-state index contributed by atoms with van der Waals surface area (Å²) in [5.41, 5.74) is 12.4. The first-order chi connectivity index (χ1) is 18.9. The quantitative estimate of drug-likeness (QED) is 0.233. The summed E-state index contributed by atoms with van der Waals surface area (Å²) in [5, 5.41) is 5.57. The predicted molar refractivity (Wildman–Crippen MR) is 163 cm³/mol. The molecule has 8 rings (SSSR count). The Bertz CT molecular complexity index is 1730. The summed E-state index contributed by atoms with van der Waals surface area (Å²) in [7, 11) is 0. The van der Waals surface area contributed by atoms with Gasteiger partial charge in [-0.25, -0.2) is 0 Å². The van der Waals surface area contributed by atoms with Gasteiger partial charge in [0.1, 0.15) is 0 Å². The van der Waals surface area contributed by atoms with Crippen LogP contribution in [0, 0.1) is 0 Å². The second kappa shape index (κ2) is 8.71. The van der Waals surface area contributed by atoms with E-state index in [2.05, 4.69) is 115 Å². The van der Waals surface area contributed by atoms with Crippen molar-refractivity contribution in [1.82, 2.24) is 0 Å². The SMILES string of the molecule is c1ccc(-c2c3c(c(-c4ccccc4)c4ccccc24)-c2ccc(C4CCCCC4)c4cccc-3c24)cc1. The normalized spacial score (nSPS) is 14.7.